The molecule has 0 amide bonds. The van der Waals surface area contributed by atoms with Gasteiger partial charge in [-0.2, -0.15) is 0 Å². The van der Waals surface area contributed by atoms with Gasteiger partial charge in [0.1, 0.15) is 0 Å². The molecule has 0 spiro atoms. The van der Waals surface area contributed by atoms with Crippen LogP contribution in [0.3, 0.4) is 0 Å². The highest BCUT2D eigenvalue weighted by Gasteiger charge is 2.59. The Hall–Kier alpha value is -0.300. The summed E-state index contributed by atoms with van der Waals surface area (Å²) in [5.41, 5.74) is 2.60. The maximum atomic E-state index is 10.2. The second-order valence-electron chi connectivity index (χ2n) is 12.2. The predicted octanol–water partition coefficient (Wildman–Crippen LogP) is 7.39. The van der Waals surface area contributed by atoms with Crippen molar-refractivity contribution in [3.8, 4) is 0 Å². The largest absolute Gasteiger partial charge is 0.393 e. The summed E-state index contributed by atoms with van der Waals surface area (Å²) < 4.78 is 0. The number of hydrogen-bond acceptors (Lipinski definition) is 1. The van der Waals surface area contributed by atoms with E-state index in [9.17, 15) is 5.11 Å². The van der Waals surface area contributed by atoms with Gasteiger partial charge in [-0.15, -0.1) is 0 Å². The lowest BCUT2D eigenvalue weighted by Gasteiger charge is -2.58. The van der Waals surface area contributed by atoms with Gasteiger partial charge in [-0.1, -0.05) is 65.5 Å². The van der Waals surface area contributed by atoms with Gasteiger partial charge in [-0.05, 0) is 97.7 Å². The predicted molar refractivity (Wildman–Crippen MR) is 119 cm³/mol. The molecule has 160 valence electrons. The molecule has 8 atom stereocenters. The van der Waals surface area contributed by atoms with Gasteiger partial charge in [0.2, 0.25) is 0 Å². The average Bonchev–Trinajstić information content (AvgIpc) is 2.99. The molecule has 3 fully saturated rings. The van der Waals surface area contributed by atoms with E-state index in [0.717, 1.165) is 48.3 Å². The first-order valence-corrected chi connectivity index (χ1v) is 12.6. The third-order valence-electron chi connectivity index (χ3n) is 10.3. The van der Waals surface area contributed by atoms with E-state index in [1.165, 1.54) is 57.8 Å². The molecular formula is C27H46O. The second kappa shape index (κ2) is 7.75. The van der Waals surface area contributed by atoms with Crippen LogP contribution in [-0.4, -0.2) is 11.2 Å². The van der Waals surface area contributed by atoms with Crippen LogP contribution in [0.15, 0.2) is 11.6 Å². The van der Waals surface area contributed by atoms with Crippen LogP contribution < -0.4 is 0 Å². The summed E-state index contributed by atoms with van der Waals surface area (Å²) in [6, 6.07) is 0. The van der Waals surface area contributed by atoms with Gasteiger partial charge >= 0.3 is 0 Å². The standard InChI is InChI=1S/C27H46O/c1-18(2)7-6-8-19(3)23-11-12-24-22-10-9-20-17-21(28)13-15-26(20,4)25(22)14-16-27(23,24)5/h9,18-19,21-25,28H,6-8,10-17H2,1-5H3/t19-,21?,22?,23-,24?,25?,26+,27-/m1/s1/i13+2. The van der Waals surface area contributed by atoms with E-state index in [2.05, 4.69) is 40.7 Å². The lowest BCUT2D eigenvalue weighted by Crippen LogP contribution is -2.50. The number of allylic oxidation sites excluding steroid dienone is 1. The summed E-state index contributed by atoms with van der Waals surface area (Å²) in [4.78, 5) is 0. The normalized spacial score (nSPS) is 46.5. The van der Waals surface area contributed by atoms with Crippen molar-refractivity contribution in [1.29, 1.82) is 0 Å². The molecule has 0 bridgehead atoms. The fourth-order valence-electron chi connectivity index (χ4n) is 8.67. The number of aliphatic hydroxyl groups excluding tert-OH is 1. The van der Waals surface area contributed by atoms with Crippen LogP contribution in [0.1, 0.15) is 105 Å². The lowest BCUT2D eigenvalue weighted by atomic mass is 9.48. The molecule has 0 heterocycles. The van der Waals surface area contributed by atoms with E-state index in [1.807, 2.05) is 0 Å². The SMILES string of the molecule is CC(C)CCC[C@@H](C)[C@H]1CCC2C3CC=C4CC(O)[14CH2]C[C@]4(C)C3CC[C@@]21C. The maximum absolute atomic E-state index is 10.2. The molecular weight excluding hydrogens is 342 g/mol. The molecule has 0 aromatic rings. The molecule has 3 saturated carbocycles. The quantitative estimate of drug-likeness (QED) is 0.487. The van der Waals surface area contributed by atoms with Gasteiger partial charge in [-0.25, -0.2) is 0 Å². The van der Waals surface area contributed by atoms with Gasteiger partial charge in [-0.3, -0.25) is 0 Å². The Morgan fingerprint density at radius 1 is 1.11 bits per heavy atom. The Morgan fingerprint density at radius 3 is 2.64 bits per heavy atom. The van der Waals surface area contributed by atoms with Gasteiger partial charge in [0.05, 0.1) is 6.10 Å². The van der Waals surface area contributed by atoms with Crippen molar-refractivity contribution in [2.45, 2.75) is 111 Å². The minimum Gasteiger partial charge on any atom is -0.393 e. The van der Waals surface area contributed by atoms with E-state index >= 15 is 0 Å². The van der Waals surface area contributed by atoms with Gasteiger partial charge < -0.3 is 5.11 Å². The zero-order valence-corrected chi connectivity index (χ0v) is 19.3. The van der Waals surface area contributed by atoms with Crippen LogP contribution in [0.4, 0.5) is 0 Å². The second-order valence-corrected chi connectivity index (χ2v) is 12.2. The van der Waals surface area contributed by atoms with E-state index < -0.39 is 0 Å². The molecule has 4 unspecified atom stereocenters. The summed E-state index contributed by atoms with van der Waals surface area (Å²) in [6.45, 7) is 12.6. The molecule has 4 rings (SSSR count). The van der Waals surface area contributed by atoms with Crippen molar-refractivity contribution >= 4 is 0 Å². The highest BCUT2D eigenvalue weighted by Crippen LogP contribution is 2.67. The number of aliphatic hydroxyl groups is 1. The summed E-state index contributed by atoms with van der Waals surface area (Å²) >= 11 is 0. The Morgan fingerprint density at radius 2 is 1.89 bits per heavy atom. The molecule has 4 aliphatic rings. The highest BCUT2D eigenvalue weighted by atomic mass is 16.3. The van der Waals surface area contributed by atoms with E-state index in [0.29, 0.717) is 10.8 Å². The monoisotopic (exact) mass is 388 g/mol. The van der Waals surface area contributed by atoms with E-state index in [-0.39, 0.29) is 6.10 Å². The van der Waals surface area contributed by atoms with E-state index in [4.69, 9.17) is 0 Å². The van der Waals surface area contributed by atoms with Crippen LogP contribution in [-0.2, 0) is 0 Å². The van der Waals surface area contributed by atoms with Crippen molar-refractivity contribution in [3.63, 3.8) is 0 Å². The van der Waals surface area contributed by atoms with Crippen molar-refractivity contribution in [2.75, 3.05) is 0 Å². The molecule has 28 heavy (non-hydrogen) atoms. The Balaban J connectivity index is 1.49. The summed E-state index contributed by atoms with van der Waals surface area (Å²) in [5.74, 6) is 5.46. The zero-order valence-electron chi connectivity index (χ0n) is 19.3. The summed E-state index contributed by atoms with van der Waals surface area (Å²) in [7, 11) is 0. The molecule has 1 N–H and O–H groups in total. The molecule has 1 heteroatoms. The van der Waals surface area contributed by atoms with Crippen LogP contribution in [0.2, 0.25) is 0 Å². The van der Waals surface area contributed by atoms with Crippen LogP contribution in [0, 0.1) is 46.3 Å². The fraction of sp³-hybridized carbons (Fsp3) is 0.926. The van der Waals surface area contributed by atoms with Crippen molar-refractivity contribution < 1.29 is 5.11 Å². The minimum atomic E-state index is -0.0766. The number of hydrogen-bond donors (Lipinski definition) is 1. The Kier molecular flexibility index (Phi) is 5.80. The summed E-state index contributed by atoms with van der Waals surface area (Å²) in [5, 5.41) is 10.2. The maximum Gasteiger partial charge on any atom is 0.0577 e. The molecule has 0 aliphatic heterocycles. The molecule has 0 radical (unpaired) electrons. The van der Waals surface area contributed by atoms with Crippen molar-refractivity contribution in [3.05, 3.63) is 11.6 Å². The number of rotatable bonds is 5. The third-order valence-corrected chi connectivity index (χ3v) is 10.3. The van der Waals surface area contributed by atoms with Gasteiger partial charge in [0.25, 0.3) is 0 Å². The minimum absolute atomic E-state index is 0.0766. The summed E-state index contributed by atoms with van der Waals surface area (Å²) in [6.07, 6.45) is 17.2. The first kappa shape index (κ1) is 21.0. The topological polar surface area (TPSA) is 20.2 Å². The zero-order chi connectivity index (χ0) is 20.1. The van der Waals surface area contributed by atoms with E-state index in [1.54, 1.807) is 5.57 Å². The van der Waals surface area contributed by atoms with Crippen molar-refractivity contribution in [1.82, 2.24) is 0 Å². The van der Waals surface area contributed by atoms with Gasteiger partial charge in [0.15, 0.2) is 0 Å². The Bertz CT molecular complexity index is 591. The van der Waals surface area contributed by atoms with Crippen LogP contribution >= 0.6 is 0 Å². The Labute approximate surface area is 174 Å². The molecule has 0 aromatic carbocycles. The lowest BCUT2D eigenvalue weighted by molar-refractivity contribution is -0.0573. The van der Waals surface area contributed by atoms with Gasteiger partial charge in [0, 0.05) is 0 Å². The molecule has 4 aliphatic carbocycles. The first-order valence-electron chi connectivity index (χ1n) is 12.6. The average molecular weight is 389 g/mol. The molecule has 0 aromatic heterocycles. The van der Waals surface area contributed by atoms with Crippen LogP contribution in [0.25, 0.3) is 0 Å². The molecule has 0 saturated heterocycles. The highest BCUT2D eigenvalue weighted by molar-refractivity contribution is 5.25. The first-order chi connectivity index (χ1) is 13.3. The van der Waals surface area contributed by atoms with Crippen molar-refractivity contribution in [2.24, 2.45) is 46.3 Å². The van der Waals surface area contributed by atoms with Crippen LogP contribution in [0.5, 0.6) is 0 Å². The smallest absolute Gasteiger partial charge is 0.0577 e. The third kappa shape index (κ3) is 3.42. The number of fused-ring (bicyclic) bond motifs is 5. The fourth-order valence-corrected chi connectivity index (χ4v) is 8.67. The molecule has 1 nitrogen and oxygen atoms in total.